The normalized spacial score (nSPS) is 16.4. The monoisotopic (exact) mass is 249 g/mol. The van der Waals surface area contributed by atoms with Crippen LogP contribution >= 0.6 is 0 Å². The molecule has 0 radical (unpaired) electrons. The van der Waals surface area contributed by atoms with Crippen LogP contribution in [0.25, 0.3) is 0 Å². The maximum absolute atomic E-state index is 9.75. The number of benzene rings is 1. The van der Waals surface area contributed by atoms with Crippen molar-refractivity contribution < 1.29 is 9.84 Å². The molecule has 1 unspecified atom stereocenters. The summed E-state index contributed by atoms with van der Waals surface area (Å²) in [6, 6.07) is 6.32. The molecule has 2 rings (SSSR count). The third-order valence-electron chi connectivity index (χ3n) is 3.34. The first-order valence-electron chi connectivity index (χ1n) is 6.72. The van der Waals surface area contributed by atoms with Gasteiger partial charge in [-0.15, -0.1) is 0 Å². The second-order valence-electron chi connectivity index (χ2n) is 5.36. The lowest BCUT2D eigenvalue weighted by Gasteiger charge is -2.19. The van der Waals surface area contributed by atoms with E-state index in [0.29, 0.717) is 13.2 Å². The number of ether oxygens (including phenoxy) is 1. The first-order valence-corrected chi connectivity index (χ1v) is 6.72. The smallest absolute Gasteiger partial charge is 0.119 e. The summed E-state index contributed by atoms with van der Waals surface area (Å²) in [4.78, 5) is 1.96. The van der Waals surface area contributed by atoms with Crippen LogP contribution in [-0.2, 0) is 12.8 Å². The molecule has 1 aromatic carbocycles. The van der Waals surface area contributed by atoms with Gasteiger partial charge in [-0.05, 0) is 63.0 Å². The SMILES string of the molecule is CN(C)CC(O)COc1ccc2c(c1)CCCC2. The molecule has 1 aliphatic rings. The minimum atomic E-state index is -0.434. The number of nitrogens with zero attached hydrogens (tertiary/aromatic N) is 1. The highest BCUT2D eigenvalue weighted by molar-refractivity contribution is 5.37. The van der Waals surface area contributed by atoms with Gasteiger partial charge in [-0.25, -0.2) is 0 Å². The van der Waals surface area contributed by atoms with Crippen molar-refractivity contribution in [3.05, 3.63) is 29.3 Å². The summed E-state index contributed by atoms with van der Waals surface area (Å²) in [7, 11) is 3.89. The summed E-state index contributed by atoms with van der Waals surface area (Å²) in [5, 5.41) is 9.75. The molecule has 1 N–H and O–H groups in total. The number of fused-ring (bicyclic) bond motifs is 1. The van der Waals surface area contributed by atoms with Crippen molar-refractivity contribution in [2.75, 3.05) is 27.2 Å². The van der Waals surface area contributed by atoms with Gasteiger partial charge in [0, 0.05) is 6.54 Å². The van der Waals surface area contributed by atoms with Crippen LogP contribution in [0.3, 0.4) is 0 Å². The van der Waals surface area contributed by atoms with Crippen LogP contribution in [0.15, 0.2) is 18.2 Å². The van der Waals surface area contributed by atoms with E-state index in [4.69, 9.17) is 4.74 Å². The summed E-state index contributed by atoms with van der Waals surface area (Å²) < 4.78 is 5.66. The summed E-state index contributed by atoms with van der Waals surface area (Å²) in [6.07, 6.45) is 4.50. The van der Waals surface area contributed by atoms with Crippen molar-refractivity contribution in [1.29, 1.82) is 0 Å². The van der Waals surface area contributed by atoms with Gasteiger partial charge >= 0.3 is 0 Å². The molecule has 0 aromatic heterocycles. The third kappa shape index (κ3) is 3.72. The molecule has 0 heterocycles. The first-order chi connectivity index (χ1) is 8.65. The number of likely N-dealkylation sites (N-methyl/N-ethyl adjacent to an activating group) is 1. The maximum atomic E-state index is 9.75. The Bertz CT molecular complexity index is 390. The molecule has 0 amide bonds. The maximum Gasteiger partial charge on any atom is 0.119 e. The Morgan fingerprint density at radius 1 is 1.22 bits per heavy atom. The zero-order chi connectivity index (χ0) is 13.0. The molecule has 0 saturated carbocycles. The molecular formula is C15H23NO2. The first kappa shape index (κ1) is 13.4. The number of rotatable bonds is 5. The minimum absolute atomic E-state index is 0.358. The number of aliphatic hydroxyl groups is 1. The van der Waals surface area contributed by atoms with E-state index < -0.39 is 6.10 Å². The fourth-order valence-electron chi connectivity index (χ4n) is 2.47. The van der Waals surface area contributed by atoms with Gasteiger partial charge in [-0.1, -0.05) is 6.07 Å². The number of aryl methyl sites for hydroxylation is 2. The van der Waals surface area contributed by atoms with Crippen molar-refractivity contribution in [2.24, 2.45) is 0 Å². The minimum Gasteiger partial charge on any atom is -0.491 e. The predicted molar refractivity (Wildman–Crippen MR) is 73.1 cm³/mol. The van der Waals surface area contributed by atoms with E-state index in [1.807, 2.05) is 25.1 Å². The largest absolute Gasteiger partial charge is 0.491 e. The lowest BCUT2D eigenvalue weighted by atomic mass is 9.92. The van der Waals surface area contributed by atoms with Crippen molar-refractivity contribution in [3.63, 3.8) is 0 Å². The van der Waals surface area contributed by atoms with E-state index in [1.165, 1.54) is 30.4 Å². The Balaban J connectivity index is 1.90. The van der Waals surface area contributed by atoms with Crippen molar-refractivity contribution in [2.45, 2.75) is 31.8 Å². The summed E-state index contributed by atoms with van der Waals surface area (Å²) >= 11 is 0. The van der Waals surface area contributed by atoms with Crippen LogP contribution in [0.1, 0.15) is 24.0 Å². The fraction of sp³-hybridized carbons (Fsp3) is 0.600. The van der Waals surface area contributed by atoms with Crippen LogP contribution < -0.4 is 4.74 Å². The van der Waals surface area contributed by atoms with Crippen LogP contribution in [0, 0.1) is 0 Å². The summed E-state index contributed by atoms with van der Waals surface area (Å²) in [5.41, 5.74) is 2.88. The second kappa shape index (κ2) is 6.21. The lowest BCUT2D eigenvalue weighted by molar-refractivity contribution is 0.0830. The predicted octanol–water partition coefficient (Wildman–Crippen LogP) is 1.87. The second-order valence-corrected chi connectivity index (χ2v) is 5.36. The van der Waals surface area contributed by atoms with E-state index in [9.17, 15) is 5.11 Å². The molecule has 0 fully saturated rings. The van der Waals surface area contributed by atoms with Crippen LogP contribution in [0.4, 0.5) is 0 Å². The van der Waals surface area contributed by atoms with Gasteiger partial charge in [0.1, 0.15) is 18.5 Å². The zero-order valence-corrected chi connectivity index (χ0v) is 11.4. The van der Waals surface area contributed by atoms with E-state index in [0.717, 1.165) is 12.2 Å². The Morgan fingerprint density at radius 2 is 1.94 bits per heavy atom. The van der Waals surface area contributed by atoms with Gasteiger partial charge in [0.15, 0.2) is 0 Å². The number of hydrogen-bond acceptors (Lipinski definition) is 3. The topological polar surface area (TPSA) is 32.7 Å². The molecule has 0 bridgehead atoms. The summed E-state index contributed by atoms with van der Waals surface area (Å²) in [5.74, 6) is 0.883. The molecule has 1 atom stereocenters. The van der Waals surface area contributed by atoms with Crippen LogP contribution in [0.5, 0.6) is 5.75 Å². The van der Waals surface area contributed by atoms with Gasteiger partial charge in [-0.3, -0.25) is 0 Å². The Morgan fingerprint density at radius 3 is 2.67 bits per heavy atom. The van der Waals surface area contributed by atoms with Gasteiger partial charge in [0.05, 0.1) is 0 Å². The lowest BCUT2D eigenvalue weighted by Crippen LogP contribution is -2.30. The molecule has 1 aromatic rings. The van der Waals surface area contributed by atoms with E-state index in [-0.39, 0.29) is 0 Å². The zero-order valence-electron chi connectivity index (χ0n) is 11.4. The molecule has 18 heavy (non-hydrogen) atoms. The molecule has 3 heteroatoms. The standard InChI is InChI=1S/C15H23NO2/c1-16(2)10-14(17)11-18-15-8-7-12-5-3-4-6-13(12)9-15/h7-9,14,17H,3-6,10-11H2,1-2H3. The average molecular weight is 249 g/mol. The Labute approximate surface area is 109 Å². The van der Waals surface area contributed by atoms with E-state index in [2.05, 4.69) is 12.1 Å². The molecular weight excluding hydrogens is 226 g/mol. The van der Waals surface area contributed by atoms with E-state index >= 15 is 0 Å². The van der Waals surface area contributed by atoms with E-state index in [1.54, 1.807) is 0 Å². The molecule has 3 nitrogen and oxygen atoms in total. The van der Waals surface area contributed by atoms with Crippen molar-refractivity contribution in [1.82, 2.24) is 4.90 Å². The van der Waals surface area contributed by atoms with Crippen molar-refractivity contribution in [3.8, 4) is 5.75 Å². The highest BCUT2D eigenvalue weighted by Crippen LogP contribution is 2.25. The van der Waals surface area contributed by atoms with Crippen LogP contribution in [-0.4, -0.2) is 43.4 Å². The van der Waals surface area contributed by atoms with Gasteiger partial charge in [-0.2, -0.15) is 0 Å². The number of aliphatic hydroxyl groups excluding tert-OH is 1. The molecule has 100 valence electrons. The molecule has 0 aliphatic heterocycles. The quantitative estimate of drug-likeness (QED) is 0.864. The van der Waals surface area contributed by atoms with Gasteiger partial charge in [0.2, 0.25) is 0 Å². The van der Waals surface area contributed by atoms with Crippen LogP contribution in [0.2, 0.25) is 0 Å². The Hall–Kier alpha value is -1.06. The highest BCUT2D eigenvalue weighted by atomic mass is 16.5. The van der Waals surface area contributed by atoms with Gasteiger partial charge in [0.25, 0.3) is 0 Å². The fourth-order valence-corrected chi connectivity index (χ4v) is 2.47. The third-order valence-corrected chi connectivity index (χ3v) is 3.34. The molecule has 0 saturated heterocycles. The number of hydrogen-bond donors (Lipinski definition) is 1. The highest BCUT2D eigenvalue weighted by Gasteiger charge is 2.11. The van der Waals surface area contributed by atoms with Crippen molar-refractivity contribution >= 4 is 0 Å². The molecule has 1 aliphatic carbocycles. The molecule has 0 spiro atoms. The average Bonchev–Trinajstić information content (AvgIpc) is 2.35. The summed E-state index contributed by atoms with van der Waals surface area (Å²) in [6.45, 7) is 0.988. The van der Waals surface area contributed by atoms with Gasteiger partial charge < -0.3 is 14.7 Å². The Kier molecular flexibility index (Phi) is 4.61.